The van der Waals surface area contributed by atoms with E-state index >= 15 is 0 Å². The van der Waals surface area contributed by atoms with Crippen molar-refractivity contribution >= 4 is 13.6 Å². The van der Waals surface area contributed by atoms with Crippen LogP contribution in [0.1, 0.15) is 45.4 Å². The van der Waals surface area contributed by atoms with E-state index in [9.17, 15) is 19.1 Å². The van der Waals surface area contributed by atoms with Gasteiger partial charge in [-0.1, -0.05) is 32.6 Å². The first-order valence-corrected chi connectivity index (χ1v) is 6.60. The maximum absolute atomic E-state index is 11.0. The molecule has 5 nitrogen and oxygen atoms in total. The Morgan fingerprint density at radius 1 is 1.20 bits per heavy atom. The lowest BCUT2D eigenvalue weighted by molar-refractivity contribution is -0.341. The van der Waals surface area contributed by atoms with E-state index in [1.165, 1.54) is 0 Å². The van der Waals surface area contributed by atoms with Crippen molar-refractivity contribution < 1.29 is 23.7 Å². The molecule has 15 heavy (non-hydrogen) atoms. The molecule has 0 bridgehead atoms. The number of unbranched alkanes of at least 4 members (excludes halogenated alkanes) is 4. The summed E-state index contributed by atoms with van der Waals surface area (Å²) in [6, 6.07) is 0. The molecule has 0 saturated carbocycles. The Morgan fingerprint density at radius 3 is 2.33 bits per heavy atom. The lowest BCUT2D eigenvalue weighted by Gasteiger charge is -2.27. The molecule has 0 aliphatic rings. The summed E-state index contributed by atoms with van der Waals surface area (Å²) in [4.78, 5) is 31.1. The van der Waals surface area contributed by atoms with Gasteiger partial charge in [-0.15, -0.1) is 0 Å². The lowest BCUT2D eigenvalue weighted by Crippen LogP contribution is -2.19. The van der Waals surface area contributed by atoms with Crippen LogP contribution >= 0.6 is 7.82 Å². The number of Topliss-reactive ketones (excluding diaryl/α,β-unsaturated/α-hetero) is 1. The fourth-order valence-corrected chi connectivity index (χ4v) is 1.45. The molecule has 0 atom stereocenters. The summed E-state index contributed by atoms with van der Waals surface area (Å²) in [6.07, 6.45) is 5.31. The van der Waals surface area contributed by atoms with Crippen LogP contribution in [0.5, 0.6) is 0 Å². The van der Waals surface area contributed by atoms with Gasteiger partial charge in [-0.3, -0.25) is 4.79 Å². The topological polar surface area (TPSA) is 89.5 Å². The van der Waals surface area contributed by atoms with Crippen molar-refractivity contribution in [2.75, 3.05) is 6.61 Å². The molecule has 0 spiro atoms. The third-order valence-electron chi connectivity index (χ3n) is 1.94. The number of hydrogen-bond acceptors (Lipinski definition) is 5. The first-order valence-electron chi connectivity index (χ1n) is 5.14. The van der Waals surface area contributed by atoms with E-state index in [2.05, 4.69) is 11.4 Å². The molecule has 0 unspecified atom stereocenters. The maximum Gasteiger partial charge on any atom is 0.158 e. The van der Waals surface area contributed by atoms with E-state index in [4.69, 9.17) is 0 Å². The van der Waals surface area contributed by atoms with Crippen LogP contribution in [-0.2, 0) is 13.9 Å². The Hall–Kier alpha value is -0.220. The Morgan fingerprint density at radius 2 is 1.80 bits per heavy atom. The molecular formula is C9H17O5P-2. The van der Waals surface area contributed by atoms with Crippen molar-refractivity contribution in [3.8, 4) is 0 Å². The quantitative estimate of drug-likeness (QED) is 0.435. The van der Waals surface area contributed by atoms with Crippen molar-refractivity contribution in [2.45, 2.75) is 45.4 Å². The molecule has 6 heteroatoms. The average Bonchev–Trinajstić information content (AvgIpc) is 2.13. The van der Waals surface area contributed by atoms with Crippen LogP contribution in [0.4, 0.5) is 0 Å². The molecule has 0 radical (unpaired) electrons. The van der Waals surface area contributed by atoms with E-state index < -0.39 is 14.4 Å². The normalized spacial score (nSPS) is 11.7. The fourth-order valence-electron chi connectivity index (χ4n) is 1.15. The van der Waals surface area contributed by atoms with Crippen LogP contribution in [0.15, 0.2) is 0 Å². The largest absolute Gasteiger partial charge is 0.790 e. The first kappa shape index (κ1) is 14.8. The zero-order chi connectivity index (χ0) is 11.7. The smallest absolute Gasteiger partial charge is 0.158 e. The van der Waals surface area contributed by atoms with Crippen LogP contribution in [-0.4, -0.2) is 12.4 Å². The highest BCUT2D eigenvalue weighted by atomic mass is 31.2. The Labute approximate surface area is 90.1 Å². The van der Waals surface area contributed by atoms with E-state index in [-0.39, 0.29) is 12.2 Å². The second-order valence-electron chi connectivity index (χ2n) is 3.42. The van der Waals surface area contributed by atoms with Gasteiger partial charge in [0, 0.05) is 6.42 Å². The number of rotatable bonds is 9. The highest BCUT2D eigenvalue weighted by Crippen LogP contribution is 2.24. The number of carbonyl (C=O) groups is 1. The molecule has 0 saturated heterocycles. The van der Waals surface area contributed by atoms with Gasteiger partial charge in [0.15, 0.2) is 5.78 Å². The van der Waals surface area contributed by atoms with Gasteiger partial charge >= 0.3 is 0 Å². The lowest BCUT2D eigenvalue weighted by atomic mass is 10.1. The Bertz CT molecular complexity index is 223. The number of ketones is 1. The van der Waals surface area contributed by atoms with Gasteiger partial charge in [-0.25, -0.2) is 0 Å². The highest BCUT2D eigenvalue weighted by Gasteiger charge is 2.02. The second kappa shape index (κ2) is 7.99. The molecular weight excluding hydrogens is 219 g/mol. The number of phosphoric acid groups is 1. The van der Waals surface area contributed by atoms with Gasteiger partial charge in [0.05, 0.1) is 7.82 Å². The van der Waals surface area contributed by atoms with Crippen molar-refractivity contribution in [3.05, 3.63) is 0 Å². The second-order valence-corrected chi connectivity index (χ2v) is 4.58. The first-order chi connectivity index (χ1) is 6.95. The minimum Gasteiger partial charge on any atom is -0.790 e. The van der Waals surface area contributed by atoms with Crippen LogP contribution in [0, 0.1) is 0 Å². The zero-order valence-electron chi connectivity index (χ0n) is 8.94. The minimum atomic E-state index is -4.99. The minimum absolute atomic E-state index is 0.281. The SMILES string of the molecule is CCCCCCCC(=O)COP(=O)([O-])[O-]. The molecule has 0 aromatic rings. The van der Waals surface area contributed by atoms with Gasteiger partial charge < -0.3 is 18.9 Å². The monoisotopic (exact) mass is 236 g/mol. The van der Waals surface area contributed by atoms with Gasteiger partial charge in [0.1, 0.15) is 6.61 Å². The van der Waals surface area contributed by atoms with Crippen LogP contribution < -0.4 is 9.79 Å². The van der Waals surface area contributed by atoms with Crippen molar-refractivity contribution in [1.82, 2.24) is 0 Å². The average molecular weight is 236 g/mol. The van der Waals surface area contributed by atoms with Crippen LogP contribution in [0.2, 0.25) is 0 Å². The van der Waals surface area contributed by atoms with E-state index in [1.807, 2.05) is 0 Å². The standard InChI is InChI=1S/C9H19O5P/c1-2-3-4-5-6-7-9(10)8-14-15(11,12)13/h2-8H2,1H3,(H2,11,12,13)/p-2. The summed E-state index contributed by atoms with van der Waals surface area (Å²) >= 11 is 0. The summed E-state index contributed by atoms with van der Waals surface area (Å²) in [5.41, 5.74) is 0. The number of phosphoric ester groups is 1. The molecule has 0 aromatic heterocycles. The molecule has 0 aromatic carbocycles. The molecule has 0 rings (SSSR count). The van der Waals surface area contributed by atoms with Crippen LogP contribution in [0.3, 0.4) is 0 Å². The van der Waals surface area contributed by atoms with Gasteiger partial charge in [-0.2, -0.15) is 0 Å². The molecule has 0 aliphatic heterocycles. The molecule has 0 aliphatic carbocycles. The van der Waals surface area contributed by atoms with Gasteiger partial charge in [0.2, 0.25) is 0 Å². The maximum atomic E-state index is 11.0. The Kier molecular flexibility index (Phi) is 7.88. The predicted octanol–water partition coefficient (Wildman–Crippen LogP) is 0.761. The summed E-state index contributed by atoms with van der Waals surface area (Å²) in [7, 11) is -4.99. The number of carbonyl (C=O) groups excluding carboxylic acids is 1. The van der Waals surface area contributed by atoms with Crippen LogP contribution in [0.25, 0.3) is 0 Å². The summed E-state index contributed by atoms with van der Waals surface area (Å²) < 4.78 is 13.9. The Balaban J connectivity index is 3.38. The molecule has 90 valence electrons. The van der Waals surface area contributed by atoms with E-state index in [1.54, 1.807) is 0 Å². The van der Waals surface area contributed by atoms with E-state index in [0.29, 0.717) is 0 Å². The summed E-state index contributed by atoms with van der Waals surface area (Å²) in [5, 5.41) is 0. The third-order valence-corrected chi connectivity index (χ3v) is 2.39. The van der Waals surface area contributed by atoms with Gasteiger partial charge in [-0.05, 0) is 6.42 Å². The van der Waals surface area contributed by atoms with Gasteiger partial charge in [0.25, 0.3) is 0 Å². The predicted molar refractivity (Wildman–Crippen MR) is 51.9 cm³/mol. The van der Waals surface area contributed by atoms with Crippen molar-refractivity contribution in [3.63, 3.8) is 0 Å². The molecule has 0 N–H and O–H groups in total. The number of hydrogen-bond donors (Lipinski definition) is 0. The molecule has 0 fully saturated rings. The summed E-state index contributed by atoms with van der Waals surface area (Å²) in [5.74, 6) is -0.335. The summed E-state index contributed by atoms with van der Waals surface area (Å²) in [6.45, 7) is 1.48. The van der Waals surface area contributed by atoms with Crippen molar-refractivity contribution in [2.24, 2.45) is 0 Å². The van der Waals surface area contributed by atoms with E-state index in [0.717, 1.165) is 32.1 Å². The van der Waals surface area contributed by atoms with Crippen molar-refractivity contribution in [1.29, 1.82) is 0 Å². The highest BCUT2D eigenvalue weighted by molar-refractivity contribution is 7.43. The zero-order valence-corrected chi connectivity index (χ0v) is 9.83. The fraction of sp³-hybridized carbons (Fsp3) is 0.889. The third kappa shape index (κ3) is 11.7. The molecule has 0 heterocycles. The molecule has 0 amide bonds.